The lowest BCUT2D eigenvalue weighted by Crippen LogP contribution is -2.03. The van der Waals surface area contributed by atoms with E-state index in [1.54, 1.807) is 14.2 Å². The summed E-state index contributed by atoms with van der Waals surface area (Å²) < 4.78 is 10.6. The van der Waals surface area contributed by atoms with Crippen LogP contribution in [0.4, 0.5) is 23.1 Å². The molecule has 0 unspecified atom stereocenters. The van der Waals surface area contributed by atoms with Gasteiger partial charge in [-0.15, -0.1) is 0 Å². The minimum atomic E-state index is 0.483. The fourth-order valence-electron chi connectivity index (χ4n) is 2.64. The van der Waals surface area contributed by atoms with Crippen LogP contribution in [0.25, 0.3) is 0 Å². The van der Waals surface area contributed by atoms with E-state index in [0.717, 1.165) is 22.6 Å². The molecule has 27 heavy (non-hydrogen) atoms. The first-order valence-corrected chi connectivity index (χ1v) is 8.74. The van der Waals surface area contributed by atoms with Crippen molar-refractivity contribution >= 4 is 34.7 Å². The Morgan fingerprint density at radius 3 is 2.33 bits per heavy atom. The molecule has 3 rings (SSSR count). The van der Waals surface area contributed by atoms with E-state index in [4.69, 9.17) is 21.1 Å². The lowest BCUT2D eigenvalue weighted by molar-refractivity contribution is 0.355. The summed E-state index contributed by atoms with van der Waals surface area (Å²) in [6.45, 7) is 3.91. The fourth-order valence-corrected chi connectivity index (χ4v) is 2.86. The number of aromatic nitrogens is 2. The predicted molar refractivity (Wildman–Crippen MR) is 109 cm³/mol. The third kappa shape index (κ3) is 4.60. The van der Waals surface area contributed by atoms with E-state index in [9.17, 15) is 0 Å². The van der Waals surface area contributed by atoms with E-state index >= 15 is 0 Å². The molecule has 0 radical (unpaired) electrons. The highest BCUT2D eigenvalue weighted by Gasteiger charge is 2.08. The van der Waals surface area contributed by atoms with Crippen LogP contribution >= 0.6 is 11.6 Å². The molecule has 1 heterocycles. The Bertz CT molecular complexity index is 963. The van der Waals surface area contributed by atoms with Crippen LogP contribution in [0, 0.1) is 13.8 Å². The topological polar surface area (TPSA) is 68.3 Å². The largest absolute Gasteiger partial charge is 0.493 e. The van der Waals surface area contributed by atoms with Crippen molar-refractivity contribution in [3.05, 3.63) is 58.7 Å². The van der Waals surface area contributed by atoms with Crippen molar-refractivity contribution < 1.29 is 9.47 Å². The maximum Gasteiger partial charge on any atom is 0.229 e. The van der Waals surface area contributed by atoms with E-state index in [1.807, 2.05) is 56.3 Å². The molecule has 140 valence electrons. The van der Waals surface area contributed by atoms with Gasteiger partial charge in [-0.2, -0.15) is 4.98 Å². The Kier molecular flexibility index (Phi) is 5.66. The van der Waals surface area contributed by atoms with Crippen molar-refractivity contribution in [1.29, 1.82) is 0 Å². The number of benzene rings is 2. The Hall–Kier alpha value is -2.99. The Morgan fingerprint density at radius 2 is 1.63 bits per heavy atom. The van der Waals surface area contributed by atoms with Gasteiger partial charge in [-0.25, -0.2) is 4.98 Å². The number of hydrogen-bond donors (Lipinski definition) is 2. The first-order valence-electron chi connectivity index (χ1n) is 8.36. The average Bonchev–Trinajstić information content (AvgIpc) is 2.63. The van der Waals surface area contributed by atoms with Crippen molar-refractivity contribution in [1.82, 2.24) is 9.97 Å². The van der Waals surface area contributed by atoms with Gasteiger partial charge in [0.1, 0.15) is 5.82 Å². The van der Waals surface area contributed by atoms with Crippen LogP contribution in [0.1, 0.15) is 11.3 Å². The average molecular weight is 385 g/mol. The quantitative estimate of drug-likeness (QED) is 0.604. The lowest BCUT2D eigenvalue weighted by atomic mass is 10.2. The number of nitrogens with zero attached hydrogens (tertiary/aromatic N) is 2. The predicted octanol–water partition coefficient (Wildman–Crippen LogP) is 5.25. The van der Waals surface area contributed by atoms with Gasteiger partial charge in [-0.1, -0.05) is 11.6 Å². The smallest absolute Gasteiger partial charge is 0.229 e. The molecule has 0 saturated carbocycles. The second-order valence-electron chi connectivity index (χ2n) is 6.00. The second-order valence-corrected chi connectivity index (χ2v) is 6.43. The summed E-state index contributed by atoms with van der Waals surface area (Å²) in [6, 6.07) is 13.1. The van der Waals surface area contributed by atoms with Crippen LogP contribution < -0.4 is 20.1 Å². The van der Waals surface area contributed by atoms with Gasteiger partial charge in [-0.3, -0.25) is 0 Å². The molecule has 0 aliphatic rings. The number of halogens is 1. The van der Waals surface area contributed by atoms with Crippen LogP contribution in [0.15, 0.2) is 42.5 Å². The molecule has 0 aliphatic heterocycles. The van der Waals surface area contributed by atoms with Gasteiger partial charge in [0.2, 0.25) is 5.95 Å². The second kappa shape index (κ2) is 8.14. The number of rotatable bonds is 6. The third-order valence-electron chi connectivity index (χ3n) is 3.95. The van der Waals surface area contributed by atoms with E-state index in [1.165, 1.54) is 0 Å². The highest BCUT2D eigenvalue weighted by Crippen LogP contribution is 2.31. The number of methoxy groups -OCH3 is 2. The molecular formula is C20H21ClN4O2. The molecule has 0 fully saturated rings. The molecule has 0 spiro atoms. The monoisotopic (exact) mass is 384 g/mol. The van der Waals surface area contributed by atoms with Crippen molar-refractivity contribution in [3.8, 4) is 11.5 Å². The van der Waals surface area contributed by atoms with E-state index in [-0.39, 0.29) is 0 Å². The van der Waals surface area contributed by atoms with Crippen LogP contribution in [0.3, 0.4) is 0 Å². The van der Waals surface area contributed by atoms with Crippen LogP contribution in [0.2, 0.25) is 5.02 Å². The van der Waals surface area contributed by atoms with Crippen molar-refractivity contribution in [2.45, 2.75) is 13.8 Å². The number of anilines is 4. The molecule has 2 N–H and O–H groups in total. The maximum absolute atomic E-state index is 6.02. The summed E-state index contributed by atoms with van der Waals surface area (Å²) in [4.78, 5) is 9.00. The SMILES string of the molecule is COc1ccc(Nc2nc(C)cc(Nc3ccc(Cl)cc3C)n2)cc1OC. The standard InChI is InChI=1S/C20H21ClN4O2/c1-12-9-14(21)5-7-16(12)24-19-10-13(2)22-20(25-19)23-15-6-8-17(26-3)18(11-15)27-4/h5-11H,1-4H3,(H2,22,23,24,25). The molecule has 0 aliphatic carbocycles. The van der Waals surface area contributed by atoms with Gasteiger partial charge >= 0.3 is 0 Å². The van der Waals surface area contributed by atoms with E-state index in [0.29, 0.717) is 28.3 Å². The summed E-state index contributed by atoms with van der Waals surface area (Å²) in [5, 5.41) is 7.22. The van der Waals surface area contributed by atoms with Crippen molar-refractivity contribution in [2.24, 2.45) is 0 Å². The molecular weight excluding hydrogens is 364 g/mol. The van der Waals surface area contributed by atoms with Crippen molar-refractivity contribution in [2.75, 3.05) is 24.9 Å². The number of hydrogen-bond acceptors (Lipinski definition) is 6. The number of nitrogens with one attached hydrogen (secondary N) is 2. The van der Waals surface area contributed by atoms with Gasteiger partial charge in [0, 0.05) is 34.2 Å². The number of ether oxygens (including phenoxy) is 2. The van der Waals surface area contributed by atoms with Crippen LogP contribution in [-0.4, -0.2) is 24.2 Å². The lowest BCUT2D eigenvalue weighted by Gasteiger charge is -2.13. The van der Waals surface area contributed by atoms with Gasteiger partial charge in [0.15, 0.2) is 11.5 Å². The normalized spacial score (nSPS) is 10.4. The molecule has 6 nitrogen and oxygen atoms in total. The van der Waals surface area contributed by atoms with Crippen LogP contribution in [-0.2, 0) is 0 Å². The molecule has 0 atom stereocenters. The highest BCUT2D eigenvalue weighted by molar-refractivity contribution is 6.30. The minimum Gasteiger partial charge on any atom is -0.493 e. The van der Waals surface area contributed by atoms with E-state index in [2.05, 4.69) is 20.6 Å². The fraction of sp³-hybridized carbons (Fsp3) is 0.200. The molecule has 1 aromatic heterocycles. The summed E-state index contributed by atoms with van der Waals surface area (Å²) in [6.07, 6.45) is 0. The summed E-state index contributed by atoms with van der Waals surface area (Å²) in [5.41, 5.74) is 3.61. The van der Waals surface area contributed by atoms with Crippen molar-refractivity contribution in [3.63, 3.8) is 0 Å². The van der Waals surface area contributed by atoms with Gasteiger partial charge < -0.3 is 20.1 Å². The first kappa shape index (κ1) is 18.8. The first-order chi connectivity index (χ1) is 13.0. The summed E-state index contributed by atoms with van der Waals surface area (Å²) in [7, 11) is 3.20. The Balaban J connectivity index is 1.85. The van der Waals surface area contributed by atoms with Gasteiger partial charge in [0.25, 0.3) is 0 Å². The zero-order valence-electron chi connectivity index (χ0n) is 15.6. The third-order valence-corrected chi connectivity index (χ3v) is 4.18. The van der Waals surface area contributed by atoms with E-state index < -0.39 is 0 Å². The molecule has 3 aromatic rings. The van der Waals surface area contributed by atoms with Gasteiger partial charge in [0.05, 0.1) is 14.2 Å². The maximum atomic E-state index is 6.02. The summed E-state index contributed by atoms with van der Waals surface area (Å²) >= 11 is 6.02. The Labute approximate surface area is 163 Å². The molecule has 7 heteroatoms. The van der Waals surface area contributed by atoms with Crippen LogP contribution in [0.5, 0.6) is 11.5 Å². The zero-order chi connectivity index (χ0) is 19.4. The van der Waals surface area contributed by atoms with Gasteiger partial charge in [-0.05, 0) is 49.7 Å². The molecule has 0 bridgehead atoms. The zero-order valence-corrected chi connectivity index (χ0v) is 16.4. The molecule has 0 saturated heterocycles. The number of aryl methyl sites for hydroxylation is 2. The molecule has 2 aromatic carbocycles. The Morgan fingerprint density at radius 1 is 0.852 bits per heavy atom. The molecule has 0 amide bonds. The summed E-state index contributed by atoms with van der Waals surface area (Å²) in [5.74, 6) is 2.46. The minimum absolute atomic E-state index is 0.483. The highest BCUT2D eigenvalue weighted by atomic mass is 35.5.